The minimum atomic E-state index is -0.352. The summed E-state index contributed by atoms with van der Waals surface area (Å²) in [7, 11) is 0. The number of anilines is 1. The molecule has 6 heteroatoms. The summed E-state index contributed by atoms with van der Waals surface area (Å²) in [6.45, 7) is 2.29. The first kappa shape index (κ1) is 13.1. The lowest BCUT2D eigenvalue weighted by Crippen LogP contribution is -2.06. The molecule has 6 nitrogen and oxygen atoms in total. The molecule has 0 aliphatic carbocycles. The lowest BCUT2D eigenvalue weighted by atomic mass is 10.1. The zero-order chi connectivity index (χ0) is 14.8. The fraction of sp³-hybridized carbons (Fsp3) is 0.133. The summed E-state index contributed by atoms with van der Waals surface area (Å²) in [4.78, 5) is 14.8. The average Bonchev–Trinajstić information content (AvgIpc) is 2.95. The van der Waals surface area contributed by atoms with E-state index >= 15 is 0 Å². The Labute approximate surface area is 121 Å². The van der Waals surface area contributed by atoms with Gasteiger partial charge >= 0.3 is 0 Å². The van der Waals surface area contributed by atoms with Gasteiger partial charge in [-0.15, -0.1) is 0 Å². The summed E-state index contributed by atoms with van der Waals surface area (Å²) in [5.41, 5.74) is 2.60. The van der Waals surface area contributed by atoms with Crippen LogP contribution < -0.4 is 5.32 Å². The van der Waals surface area contributed by atoms with E-state index in [0.717, 1.165) is 17.0 Å². The third kappa shape index (κ3) is 2.43. The van der Waals surface area contributed by atoms with E-state index < -0.39 is 0 Å². The van der Waals surface area contributed by atoms with Crippen LogP contribution in [-0.4, -0.2) is 14.3 Å². The molecule has 2 aromatic heterocycles. The zero-order valence-electron chi connectivity index (χ0n) is 11.5. The van der Waals surface area contributed by atoms with Gasteiger partial charge in [0.2, 0.25) is 0 Å². The lowest BCUT2D eigenvalue weighted by Gasteiger charge is -2.11. The number of rotatable bonds is 4. The van der Waals surface area contributed by atoms with Gasteiger partial charge in [0.25, 0.3) is 5.69 Å². The molecular weight excluding hydrogens is 268 g/mol. The van der Waals surface area contributed by atoms with Crippen molar-refractivity contribution in [1.29, 1.82) is 0 Å². The topological polar surface area (TPSA) is 72.5 Å². The molecule has 21 heavy (non-hydrogen) atoms. The Kier molecular flexibility index (Phi) is 3.27. The predicted octanol–water partition coefficient (Wildman–Crippen LogP) is 3.16. The number of pyridine rings is 1. The van der Waals surface area contributed by atoms with Gasteiger partial charge in [-0.05, 0) is 24.6 Å². The molecule has 0 aliphatic rings. The summed E-state index contributed by atoms with van der Waals surface area (Å²) in [5, 5.41) is 14.3. The van der Waals surface area contributed by atoms with Gasteiger partial charge in [0.05, 0.1) is 4.92 Å². The molecule has 0 fully saturated rings. The Morgan fingerprint density at radius 3 is 2.90 bits per heavy atom. The molecule has 0 bridgehead atoms. The molecule has 1 N–H and O–H groups in total. The number of nitrogens with one attached hydrogen (secondary N) is 1. The average molecular weight is 282 g/mol. The number of hydrogen-bond donors (Lipinski definition) is 1. The van der Waals surface area contributed by atoms with Crippen molar-refractivity contribution in [1.82, 2.24) is 9.38 Å². The first-order valence-corrected chi connectivity index (χ1v) is 6.55. The van der Waals surface area contributed by atoms with E-state index in [1.54, 1.807) is 19.2 Å². The smallest absolute Gasteiger partial charge is 0.272 e. The van der Waals surface area contributed by atoms with E-state index in [2.05, 4.69) is 10.3 Å². The van der Waals surface area contributed by atoms with Crippen LogP contribution in [0.25, 0.3) is 5.65 Å². The minimum Gasteiger partial charge on any atom is -0.367 e. The van der Waals surface area contributed by atoms with Gasteiger partial charge in [-0.1, -0.05) is 18.2 Å². The number of nitro benzene ring substituents is 1. The molecule has 106 valence electrons. The minimum absolute atomic E-state index is 0.148. The number of nitrogens with zero attached hydrogens (tertiary/aromatic N) is 3. The highest BCUT2D eigenvalue weighted by molar-refractivity contribution is 5.51. The maximum Gasteiger partial charge on any atom is 0.272 e. The summed E-state index contributed by atoms with van der Waals surface area (Å²) < 4.78 is 1.94. The van der Waals surface area contributed by atoms with E-state index in [-0.39, 0.29) is 10.6 Å². The molecule has 0 atom stereocenters. The largest absolute Gasteiger partial charge is 0.367 e. The number of nitro groups is 1. The first-order valence-electron chi connectivity index (χ1n) is 6.55. The fourth-order valence-corrected chi connectivity index (χ4v) is 2.34. The van der Waals surface area contributed by atoms with E-state index in [4.69, 9.17) is 0 Å². The molecule has 0 saturated carbocycles. The Balaban J connectivity index is 1.87. The summed E-state index contributed by atoms with van der Waals surface area (Å²) in [5.74, 6) is 0.899. The zero-order valence-corrected chi connectivity index (χ0v) is 11.5. The highest BCUT2D eigenvalue weighted by atomic mass is 16.6. The van der Waals surface area contributed by atoms with Crippen LogP contribution in [0.15, 0.2) is 48.8 Å². The molecule has 0 unspecified atom stereocenters. The van der Waals surface area contributed by atoms with Gasteiger partial charge in [0, 0.05) is 30.6 Å². The molecule has 0 spiro atoms. The molecular formula is C15H14N4O2. The standard InChI is InChI=1S/C15H14N4O2/c1-11-12(4-2-5-13(11)19(20)21)10-17-15-7-3-6-14-16-8-9-18(14)15/h2-9,17H,10H2,1H3. The van der Waals surface area contributed by atoms with Crippen molar-refractivity contribution in [2.24, 2.45) is 0 Å². The monoisotopic (exact) mass is 282 g/mol. The normalized spacial score (nSPS) is 10.7. The lowest BCUT2D eigenvalue weighted by molar-refractivity contribution is -0.385. The Morgan fingerprint density at radius 2 is 2.10 bits per heavy atom. The van der Waals surface area contributed by atoms with Crippen molar-refractivity contribution >= 4 is 17.2 Å². The third-order valence-electron chi connectivity index (χ3n) is 3.50. The second-order valence-electron chi connectivity index (χ2n) is 4.74. The van der Waals surface area contributed by atoms with Gasteiger partial charge in [0.15, 0.2) is 0 Å². The van der Waals surface area contributed by atoms with Gasteiger partial charge in [-0.25, -0.2) is 4.98 Å². The highest BCUT2D eigenvalue weighted by Gasteiger charge is 2.13. The molecule has 1 aromatic carbocycles. The van der Waals surface area contributed by atoms with E-state index in [9.17, 15) is 10.1 Å². The fourth-order valence-electron chi connectivity index (χ4n) is 2.34. The second kappa shape index (κ2) is 5.24. The highest BCUT2D eigenvalue weighted by Crippen LogP contribution is 2.22. The first-order chi connectivity index (χ1) is 10.2. The van der Waals surface area contributed by atoms with E-state index in [1.165, 1.54) is 6.07 Å². The molecule has 0 saturated heterocycles. The predicted molar refractivity (Wildman–Crippen MR) is 80.4 cm³/mol. The molecule has 0 radical (unpaired) electrons. The third-order valence-corrected chi connectivity index (χ3v) is 3.50. The number of benzene rings is 1. The quantitative estimate of drug-likeness (QED) is 0.589. The van der Waals surface area contributed by atoms with Crippen LogP contribution in [0.1, 0.15) is 11.1 Å². The Bertz CT molecular complexity index is 810. The summed E-state index contributed by atoms with van der Waals surface area (Å²) in [6, 6.07) is 10.9. The van der Waals surface area contributed by atoms with Crippen molar-refractivity contribution < 1.29 is 4.92 Å². The van der Waals surface area contributed by atoms with Crippen molar-refractivity contribution in [3.8, 4) is 0 Å². The van der Waals surface area contributed by atoms with Crippen LogP contribution in [0, 0.1) is 17.0 Å². The van der Waals surface area contributed by atoms with Crippen molar-refractivity contribution in [3.63, 3.8) is 0 Å². The second-order valence-corrected chi connectivity index (χ2v) is 4.74. The van der Waals surface area contributed by atoms with Crippen LogP contribution in [0.3, 0.4) is 0 Å². The number of fused-ring (bicyclic) bond motifs is 1. The van der Waals surface area contributed by atoms with E-state index in [0.29, 0.717) is 12.1 Å². The Hall–Kier alpha value is -2.89. The number of aromatic nitrogens is 2. The Morgan fingerprint density at radius 1 is 1.29 bits per heavy atom. The SMILES string of the molecule is Cc1c(CNc2cccc3nccn23)cccc1[N+](=O)[O-]. The van der Waals surface area contributed by atoms with E-state index in [1.807, 2.05) is 34.9 Å². The van der Waals surface area contributed by atoms with Crippen LogP contribution in [0.4, 0.5) is 11.5 Å². The molecule has 0 amide bonds. The molecule has 3 aromatic rings. The number of imidazole rings is 1. The van der Waals surface area contributed by atoms with Crippen LogP contribution in [0.2, 0.25) is 0 Å². The van der Waals surface area contributed by atoms with Crippen LogP contribution in [0.5, 0.6) is 0 Å². The van der Waals surface area contributed by atoms with Crippen molar-refractivity contribution in [2.75, 3.05) is 5.32 Å². The van der Waals surface area contributed by atoms with Crippen LogP contribution in [-0.2, 0) is 6.54 Å². The van der Waals surface area contributed by atoms with Crippen LogP contribution >= 0.6 is 0 Å². The van der Waals surface area contributed by atoms with Gasteiger partial charge < -0.3 is 5.32 Å². The van der Waals surface area contributed by atoms with Crippen molar-refractivity contribution in [3.05, 3.63) is 70.0 Å². The van der Waals surface area contributed by atoms with Gasteiger partial charge in [-0.3, -0.25) is 14.5 Å². The summed E-state index contributed by atoms with van der Waals surface area (Å²) >= 11 is 0. The maximum absolute atomic E-state index is 11.0. The van der Waals surface area contributed by atoms with Gasteiger partial charge in [-0.2, -0.15) is 0 Å². The maximum atomic E-state index is 11.0. The summed E-state index contributed by atoms with van der Waals surface area (Å²) in [6.07, 6.45) is 3.61. The molecule has 0 aliphatic heterocycles. The molecule has 2 heterocycles. The molecule has 3 rings (SSSR count). The van der Waals surface area contributed by atoms with Crippen molar-refractivity contribution in [2.45, 2.75) is 13.5 Å². The van der Waals surface area contributed by atoms with Gasteiger partial charge in [0.1, 0.15) is 11.5 Å². The number of hydrogen-bond acceptors (Lipinski definition) is 4.